The van der Waals surface area contributed by atoms with Crippen LogP contribution in [0, 0.1) is 13.8 Å². The highest BCUT2D eigenvalue weighted by molar-refractivity contribution is 6.31. The Morgan fingerprint density at radius 2 is 2.00 bits per heavy atom. The lowest BCUT2D eigenvalue weighted by Crippen LogP contribution is -2.25. The van der Waals surface area contributed by atoms with Crippen molar-refractivity contribution in [1.29, 1.82) is 0 Å². The Morgan fingerprint density at radius 1 is 1.29 bits per heavy atom. The van der Waals surface area contributed by atoms with Crippen molar-refractivity contribution in [2.75, 3.05) is 20.1 Å². The zero-order valence-electron chi connectivity index (χ0n) is 12.9. The zero-order chi connectivity index (χ0) is 15.4. The molecule has 0 atom stereocenters. The molecule has 5 heteroatoms. The number of benzene rings is 1. The number of hydrogen-bond acceptors (Lipinski definition) is 3. The average Bonchev–Trinajstić information content (AvgIpc) is 2.69. The molecule has 0 spiro atoms. The highest BCUT2D eigenvalue weighted by Gasteiger charge is 2.14. The molecule has 2 N–H and O–H groups in total. The number of aryl methyl sites for hydroxylation is 1. The highest BCUT2D eigenvalue weighted by Crippen LogP contribution is 2.20. The standard InChI is InChI=1S/C16H23ClN4/c1-12-15(11-20(3)9-8-18)13(2)21(19-12)10-14-6-4-5-7-16(14)17/h4-7H,8-11,18H2,1-3H3. The van der Waals surface area contributed by atoms with Gasteiger partial charge in [-0.25, -0.2) is 0 Å². The summed E-state index contributed by atoms with van der Waals surface area (Å²) in [5.41, 5.74) is 10.2. The minimum absolute atomic E-state index is 0.669. The van der Waals surface area contributed by atoms with E-state index in [1.807, 2.05) is 28.9 Å². The Balaban J connectivity index is 2.21. The van der Waals surface area contributed by atoms with Gasteiger partial charge in [-0.05, 0) is 32.5 Å². The van der Waals surface area contributed by atoms with Crippen LogP contribution in [0.2, 0.25) is 5.02 Å². The van der Waals surface area contributed by atoms with Crippen LogP contribution in [0.1, 0.15) is 22.5 Å². The van der Waals surface area contributed by atoms with Crippen molar-refractivity contribution in [3.05, 3.63) is 51.8 Å². The van der Waals surface area contributed by atoms with Gasteiger partial charge in [-0.1, -0.05) is 29.8 Å². The molecule has 0 fully saturated rings. The van der Waals surface area contributed by atoms with Crippen LogP contribution >= 0.6 is 11.6 Å². The summed E-state index contributed by atoms with van der Waals surface area (Å²) in [4.78, 5) is 2.22. The molecular weight excluding hydrogens is 284 g/mol. The Hall–Kier alpha value is -1.36. The summed E-state index contributed by atoms with van der Waals surface area (Å²) in [6, 6.07) is 7.90. The van der Waals surface area contributed by atoms with Crippen molar-refractivity contribution < 1.29 is 0 Å². The fourth-order valence-electron chi connectivity index (χ4n) is 2.47. The summed E-state index contributed by atoms with van der Waals surface area (Å²) < 4.78 is 2.03. The Bertz CT molecular complexity index is 606. The lowest BCUT2D eigenvalue weighted by molar-refractivity contribution is 0.334. The van der Waals surface area contributed by atoms with Gasteiger partial charge < -0.3 is 10.6 Å². The van der Waals surface area contributed by atoms with Gasteiger partial charge in [0.15, 0.2) is 0 Å². The zero-order valence-corrected chi connectivity index (χ0v) is 13.7. The quantitative estimate of drug-likeness (QED) is 0.892. The number of aromatic nitrogens is 2. The maximum atomic E-state index is 6.24. The van der Waals surface area contributed by atoms with Gasteiger partial charge in [-0.3, -0.25) is 4.68 Å². The minimum Gasteiger partial charge on any atom is -0.329 e. The van der Waals surface area contributed by atoms with E-state index in [1.165, 1.54) is 11.3 Å². The number of likely N-dealkylation sites (N-methyl/N-ethyl adjacent to an activating group) is 1. The van der Waals surface area contributed by atoms with Gasteiger partial charge in [0, 0.05) is 35.9 Å². The lowest BCUT2D eigenvalue weighted by atomic mass is 10.2. The van der Waals surface area contributed by atoms with Crippen LogP contribution in [0.5, 0.6) is 0 Å². The average molecular weight is 307 g/mol. The SMILES string of the molecule is Cc1nn(Cc2ccccc2Cl)c(C)c1CN(C)CCN. The third kappa shape index (κ3) is 3.84. The molecule has 0 bridgehead atoms. The van der Waals surface area contributed by atoms with Crippen molar-refractivity contribution in [3.8, 4) is 0 Å². The van der Waals surface area contributed by atoms with Gasteiger partial charge in [0.1, 0.15) is 0 Å². The smallest absolute Gasteiger partial charge is 0.0677 e. The summed E-state index contributed by atoms with van der Waals surface area (Å²) in [5, 5.41) is 5.44. The normalized spacial score (nSPS) is 11.3. The largest absolute Gasteiger partial charge is 0.329 e. The predicted octanol–water partition coefficient (Wildman–Crippen LogP) is 2.59. The molecule has 1 heterocycles. The lowest BCUT2D eigenvalue weighted by Gasteiger charge is -2.15. The molecule has 1 aromatic carbocycles. The first-order valence-electron chi connectivity index (χ1n) is 7.17. The Morgan fingerprint density at radius 3 is 2.67 bits per heavy atom. The summed E-state index contributed by atoms with van der Waals surface area (Å²) in [5.74, 6) is 0. The van der Waals surface area contributed by atoms with Crippen molar-refractivity contribution in [2.45, 2.75) is 26.9 Å². The van der Waals surface area contributed by atoms with Crippen LogP contribution < -0.4 is 5.73 Å². The van der Waals surface area contributed by atoms with Crippen LogP contribution in [0.15, 0.2) is 24.3 Å². The van der Waals surface area contributed by atoms with Gasteiger partial charge in [-0.2, -0.15) is 5.10 Å². The van der Waals surface area contributed by atoms with Crippen LogP contribution in [0.25, 0.3) is 0 Å². The van der Waals surface area contributed by atoms with Crippen molar-refractivity contribution in [2.24, 2.45) is 5.73 Å². The second kappa shape index (κ2) is 7.07. The molecular formula is C16H23ClN4. The van der Waals surface area contributed by atoms with E-state index in [4.69, 9.17) is 17.3 Å². The molecule has 0 aliphatic rings. The molecule has 0 aliphatic heterocycles. The van der Waals surface area contributed by atoms with Crippen molar-refractivity contribution in [1.82, 2.24) is 14.7 Å². The molecule has 2 aromatic rings. The molecule has 0 aliphatic carbocycles. The summed E-state index contributed by atoms with van der Waals surface area (Å²) in [7, 11) is 2.08. The topological polar surface area (TPSA) is 47.1 Å². The monoisotopic (exact) mass is 306 g/mol. The van der Waals surface area contributed by atoms with Crippen molar-refractivity contribution in [3.63, 3.8) is 0 Å². The molecule has 2 rings (SSSR count). The molecule has 0 saturated heterocycles. The van der Waals surface area contributed by atoms with E-state index in [-0.39, 0.29) is 0 Å². The number of rotatable bonds is 6. The molecule has 0 amide bonds. The number of halogens is 1. The molecule has 0 saturated carbocycles. The van der Waals surface area contributed by atoms with E-state index in [1.54, 1.807) is 0 Å². The van der Waals surface area contributed by atoms with Crippen LogP contribution in [-0.2, 0) is 13.1 Å². The fourth-order valence-corrected chi connectivity index (χ4v) is 2.67. The van der Waals surface area contributed by atoms with Crippen LogP contribution in [0.3, 0.4) is 0 Å². The molecule has 114 valence electrons. The molecule has 4 nitrogen and oxygen atoms in total. The van der Waals surface area contributed by atoms with Crippen LogP contribution in [-0.4, -0.2) is 34.8 Å². The number of nitrogens with two attached hydrogens (primary N) is 1. The van der Waals surface area contributed by atoms with Gasteiger partial charge in [0.05, 0.1) is 12.2 Å². The molecule has 1 aromatic heterocycles. The van der Waals surface area contributed by atoms with Gasteiger partial charge >= 0.3 is 0 Å². The van der Waals surface area contributed by atoms with Gasteiger partial charge in [0.25, 0.3) is 0 Å². The fraction of sp³-hybridized carbons (Fsp3) is 0.438. The summed E-state index contributed by atoms with van der Waals surface area (Å²) in [6.45, 7) is 7.30. The minimum atomic E-state index is 0.669. The molecule has 0 radical (unpaired) electrons. The maximum absolute atomic E-state index is 6.24. The van der Waals surface area contributed by atoms with E-state index >= 15 is 0 Å². The first-order chi connectivity index (χ1) is 10.0. The molecule has 21 heavy (non-hydrogen) atoms. The van der Waals surface area contributed by atoms with Crippen molar-refractivity contribution >= 4 is 11.6 Å². The Kier molecular flexibility index (Phi) is 5.39. The van der Waals surface area contributed by atoms with Crippen LogP contribution in [0.4, 0.5) is 0 Å². The third-order valence-corrected chi connectivity index (χ3v) is 4.12. The number of hydrogen-bond donors (Lipinski definition) is 1. The number of nitrogens with zero attached hydrogens (tertiary/aromatic N) is 3. The maximum Gasteiger partial charge on any atom is 0.0677 e. The van der Waals surface area contributed by atoms with E-state index < -0.39 is 0 Å². The highest BCUT2D eigenvalue weighted by atomic mass is 35.5. The Labute approximate surface area is 131 Å². The molecule has 0 unspecified atom stereocenters. The van der Waals surface area contributed by atoms with E-state index in [9.17, 15) is 0 Å². The first-order valence-corrected chi connectivity index (χ1v) is 7.55. The van der Waals surface area contributed by atoms with E-state index in [0.717, 1.165) is 29.4 Å². The second-order valence-corrected chi connectivity index (χ2v) is 5.83. The predicted molar refractivity (Wildman–Crippen MR) is 87.6 cm³/mol. The first kappa shape index (κ1) is 16.0. The van der Waals surface area contributed by atoms with E-state index in [2.05, 4.69) is 30.9 Å². The van der Waals surface area contributed by atoms with Gasteiger partial charge in [-0.15, -0.1) is 0 Å². The summed E-state index contributed by atoms with van der Waals surface area (Å²) >= 11 is 6.24. The third-order valence-electron chi connectivity index (χ3n) is 3.75. The van der Waals surface area contributed by atoms with Gasteiger partial charge in [0.2, 0.25) is 0 Å². The summed E-state index contributed by atoms with van der Waals surface area (Å²) in [6.07, 6.45) is 0. The van der Waals surface area contributed by atoms with E-state index in [0.29, 0.717) is 13.1 Å². The second-order valence-electron chi connectivity index (χ2n) is 5.42.